The Bertz CT molecular complexity index is 552. The van der Waals surface area contributed by atoms with Gasteiger partial charge in [-0.05, 0) is 37.5 Å². The Morgan fingerprint density at radius 2 is 1.88 bits per heavy atom. The maximum absolute atomic E-state index is 12.2. The lowest BCUT2D eigenvalue weighted by molar-refractivity contribution is 0.123. The highest BCUT2D eigenvalue weighted by Gasteiger charge is 2.19. The van der Waals surface area contributed by atoms with Crippen molar-refractivity contribution < 1.29 is 9.53 Å². The molecule has 132 valence electrons. The number of ether oxygens (including phenoxy) is 1. The number of hydrogen-bond acceptors (Lipinski definition) is 4. The molecule has 2 N–H and O–H groups in total. The van der Waals surface area contributed by atoms with Crippen molar-refractivity contribution in [2.45, 2.75) is 26.2 Å². The summed E-state index contributed by atoms with van der Waals surface area (Å²) in [6.07, 6.45) is 3.41. The third-order valence-electron chi connectivity index (χ3n) is 4.59. The van der Waals surface area contributed by atoms with E-state index in [4.69, 9.17) is 4.74 Å². The van der Waals surface area contributed by atoms with E-state index in [1.165, 1.54) is 18.5 Å². The molecule has 6 nitrogen and oxygen atoms in total. The van der Waals surface area contributed by atoms with E-state index in [1.807, 2.05) is 6.92 Å². The van der Waals surface area contributed by atoms with E-state index >= 15 is 0 Å². The van der Waals surface area contributed by atoms with Crippen LogP contribution in [-0.4, -0.2) is 52.0 Å². The Morgan fingerprint density at radius 3 is 2.58 bits per heavy atom. The van der Waals surface area contributed by atoms with E-state index in [9.17, 15) is 4.79 Å². The molecule has 2 amide bonds. The van der Waals surface area contributed by atoms with Crippen molar-refractivity contribution in [2.75, 3.05) is 61.1 Å². The normalized spacial score (nSPS) is 17.9. The number of anilines is 3. The van der Waals surface area contributed by atoms with E-state index in [2.05, 4.69) is 38.6 Å². The predicted molar refractivity (Wildman–Crippen MR) is 98.2 cm³/mol. The minimum absolute atomic E-state index is 0.134. The van der Waals surface area contributed by atoms with Gasteiger partial charge in [0.25, 0.3) is 0 Å². The lowest BCUT2D eigenvalue weighted by Gasteiger charge is -2.31. The number of benzene rings is 1. The first-order valence-corrected chi connectivity index (χ1v) is 9.04. The zero-order chi connectivity index (χ0) is 16.8. The molecule has 1 aromatic rings. The lowest BCUT2D eigenvalue weighted by atomic mass is 10.2. The van der Waals surface area contributed by atoms with Crippen molar-refractivity contribution >= 4 is 23.1 Å². The second-order valence-electron chi connectivity index (χ2n) is 6.38. The molecule has 0 radical (unpaired) electrons. The van der Waals surface area contributed by atoms with Gasteiger partial charge in [0.2, 0.25) is 0 Å². The smallest absolute Gasteiger partial charge is 0.319 e. The molecule has 2 aliphatic rings. The van der Waals surface area contributed by atoms with Crippen LogP contribution in [0.25, 0.3) is 0 Å². The second-order valence-corrected chi connectivity index (χ2v) is 6.38. The van der Waals surface area contributed by atoms with Gasteiger partial charge in [0.15, 0.2) is 0 Å². The third kappa shape index (κ3) is 4.12. The summed E-state index contributed by atoms with van der Waals surface area (Å²) in [5.74, 6) is 0. The van der Waals surface area contributed by atoms with Crippen LogP contribution in [0.3, 0.4) is 0 Å². The van der Waals surface area contributed by atoms with Crippen molar-refractivity contribution in [2.24, 2.45) is 0 Å². The molecule has 0 unspecified atom stereocenters. The van der Waals surface area contributed by atoms with Crippen LogP contribution in [0.2, 0.25) is 0 Å². The fraction of sp³-hybridized carbons (Fsp3) is 0.611. The first-order chi connectivity index (χ1) is 11.8. The number of hydrogen-bond donors (Lipinski definition) is 2. The van der Waals surface area contributed by atoms with E-state index in [1.54, 1.807) is 0 Å². The maximum atomic E-state index is 12.2. The van der Waals surface area contributed by atoms with Gasteiger partial charge >= 0.3 is 6.03 Å². The van der Waals surface area contributed by atoms with Crippen LogP contribution in [0.4, 0.5) is 21.9 Å². The van der Waals surface area contributed by atoms with Crippen molar-refractivity contribution in [3.05, 3.63) is 18.2 Å². The molecule has 2 heterocycles. The molecular weight excluding hydrogens is 304 g/mol. The average molecular weight is 332 g/mol. The van der Waals surface area contributed by atoms with Crippen LogP contribution in [0.1, 0.15) is 26.2 Å². The molecule has 0 bridgehead atoms. The number of amides is 2. The van der Waals surface area contributed by atoms with Crippen molar-refractivity contribution in [3.63, 3.8) is 0 Å². The quantitative estimate of drug-likeness (QED) is 0.870. The second kappa shape index (κ2) is 8.24. The molecule has 0 atom stereocenters. The van der Waals surface area contributed by atoms with Gasteiger partial charge in [0, 0.05) is 38.4 Å². The van der Waals surface area contributed by atoms with Gasteiger partial charge in [0.1, 0.15) is 0 Å². The lowest BCUT2D eigenvalue weighted by Crippen LogP contribution is -2.37. The highest BCUT2D eigenvalue weighted by molar-refractivity contribution is 5.94. The van der Waals surface area contributed by atoms with Gasteiger partial charge in [-0.1, -0.05) is 6.92 Å². The summed E-state index contributed by atoms with van der Waals surface area (Å²) < 4.78 is 5.45. The summed E-state index contributed by atoms with van der Waals surface area (Å²) in [5, 5.41) is 5.94. The molecule has 3 rings (SSSR count). The van der Waals surface area contributed by atoms with Crippen LogP contribution in [-0.2, 0) is 4.74 Å². The Kier molecular flexibility index (Phi) is 5.80. The topological polar surface area (TPSA) is 56.8 Å². The standard InChI is InChI=1S/C18H28N4O2/c1-2-7-19-18(23)20-16-14-15(21-8-3-4-9-21)5-6-17(16)22-10-12-24-13-11-22/h5-6,14H,2-4,7-13H2,1H3,(H2,19,20,23). The molecule has 0 aliphatic carbocycles. The number of rotatable bonds is 5. The summed E-state index contributed by atoms with van der Waals surface area (Å²) >= 11 is 0. The predicted octanol–water partition coefficient (Wildman–Crippen LogP) is 2.65. The highest BCUT2D eigenvalue weighted by atomic mass is 16.5. The van der Waals surface area contributed by atoms with Crippen LogP contribution in [0, 0.1) is 0 Å². The molecular formula is C18H28N4O2. The van der Waals surface area contributed by atoms with Gasteiger partial charge in [-0.2, -0.15) is 0 Å². The van der Waals surface area contributed by atoms with E-state index in [0.29, 0.717) is 6.54 Å². The van der Waals surface area contributed by atoms with Gasteiger partial charge in [-0.3, -0.25) is 0 Å². The van der Waals surface area contributed by atoms with Crippen LogP contribution in [0.15, 0.2) is 18.2 Å². The highest BCUT2D eigenvalue weighted by Crippen LogP contribution is 2.32. The SMILES string of the molecule is CCCNC(=O)Nc1cc(N2CCCC2)ccc1N1CCOCC1. The van der Waals surface area contributed by atoms with Crippen molar-refractivity contribution in [1.29, 1.82) is 0 Å². The molecule has 0 saturated carbocycles. The van der Waals surface area contributed by atoms with Gasteiger partial charge < -0.3 is 25.2 Å². The fourth-order valence-electron chi connectivity index (χ4n) is 3.28. The van der Waals surface area contributed by atoms with E-state index < -0.39 is 0 Å². The molecule has 6 heteroatoms. The first-order valence-electron chi connectivity index (χ1n) is 9.04. The van der Waals surface area contributed by atoms with Gasteiger partial charge in [-0.25, -0.2) is 4.79 Å². The Hall–Kier alpha value is -1.95. The molecule has 0 spiro atoms. The molecule has 24 heavy (non-hydrogen) atoms. The van der Waals surface area contributed by atoms with Crippen molar-refractivity contribution in [1.82, 2.24) is 5.32 Å². The number of carbonyl (C=O) groups is 1. The Labute approximate surface area is 144 Å². The van der Waals surface area contributed by atoms with Gasteiger partial charge in [-0.15, -0.1) is 0 Å². The molecule has 1 aromatic carbocycles. The number of nitrogens with zero attached hydrogens (tertiary/aromatic N) is 2. The monoisotopic (exact) mass is 332 g/mol. The maximum Gasteiger partial charge on any atom is 0.319 e. The number of nitrogens with one attached hydrogen (secondary N) is 2. The van der Waals surface area contributed by atoms with Crippen molar-refractivity contribution in [3.8, 4) is 0 Å². The summed E-state index contributed by atoms with van der Waals surface area (Å²) in [7, 11) is 0. The number of morpholine rings is 1. The fourth-order valence-corrected chi connectivity index (χ4v) is 3.28. The van der Waals surface area contributed by atoms with E-state index in [-0.39, 0.29) is 6.03 Å². The molecule has 2 saturated heterocycles. The van der Waals surface area contributed by atoms with Gasteiger partial charge in [0.05, 0.1) is 24.6 Å². The number of carbonyl (C=O) groups excluding carboxylic acids is 1. The zero-order valence-electron chi connectivity index (χ0n) is 14.5. The van der Waals surface area contributed by atoms with Crippen LogP contribution in [0.5, 0.6) is 0 Å². The minimum atomic E-state index is -0.134. The Morgan fingerprint density at radius 1 is 1.12 bits per heavy atom. The van der Waals surface area contributed by atoms with Crippen LogP contribution < -0.4 is 20.4 Å². The molecule has 2 fully saturated rings. The molecule has 2 aliphatic heterocycles. The van der Waals surface area contributed by atoms with E-state index in [0.717, 1.165) is 57.2 Å². The minimum Gasteiger partial charge on any atom is -0.378 e. The summed E-state index contributed by atoms with van der Waals surface area (Å²) in [6.45, 7) is 8.10. The first kappa shape index (κ1) is 16.9. The zero-order valence-corrected chi connectivity index (χ0v) is 14.5. The largest absolute Gasteiger partial charge is 0.378 e. The summed E-state index contributed by atoms with van der Waals surface area (Å²) in [6, 6.07) is 6.28. The summed E-state index contributed by atoms with van der Waals surface area (Å²) in [4.78, 5) is 16.8. The average Bonchev–Trinajstić information content (AvgIpc) is 3.15. The molecule has 0 aromatic heterocycles. The van der Waals surface area contributed by atoms with Crippen LogP contribution >= 0.6 is 0 Å². The Balaban J connectivity index is 1.81. The third-order valence-corrected chi connectivity index (χ3v) is 4.59. The summed E-state index contributed by atoms with van der Waals surface area (Å²) in [5.41, 5.74) is 3.15. The number of urea groups is 1.